The second-order valence-electron chi connectivity index (χ2n) is 6.95. The van der Waals surface area contributed by atoms with Crippen molar-refractivity contribution in [3.05, 3.63) is 29.6 Å². The molecule has 1 N–H and O–H groups in total. The number of rotatable bonds is 3. The number of nitrogens with one attached hydrogen (secondary N) is 1. The van der Waals surface area contributed by atoms with Gasteiger partial charge in [0, 0.05) is 28.7 Å². The lowest BCUT2D eigenvalue weighted by molar-refractivity contribution is 0.530. The largest absolute Gasteiger partial charge is 0.598 e. The van der Waals surface area contributed by atoms with E-state index < -0.39 is 11.4 Å². The van der Waals surface area contributed by atoms with Crippen LogP contribution in [0.25, 0.3) is 0 Å². The first-order valence-electron chi connectivity index (χ1n) is 6.66. The van der Waals surface area contributed by atoms with Crippen molar-refractivity contribution in [3.8, 4) is 0 Å². The van der Waals surface area contributed by atoms with Crippen molar-refractivity contribution < 1.29 is 4.55 Å². The van der Waals surface area contributed by atoms with E-state index in [1.54, 1.807) is 0 Å². The number of aromatic nitrogens is 1. The fourth-order valence-corrected chi connectivity index (χ4v) is 2.32. The first-order valence-corrected chi connectivity index (χ1v) is 7.81. The van der Waals surface area contributed by atoms with Gasteiger partial charge in [-0.1, -0.05) is 26.8 Å². The molecule has 1 aromatic heterocycles. The summed E-state index contributed by atoms with van der Waals surface area (Å²) in [5, 5.41) is 0. The predicted octanol–water partition coefficient (Wildman–Crippen LogP) is 3.49. The van der Waals surface area contributed by atoms with Crippen molar-refractivity contribution in [2.75, 3.05) is 0 Å². The van der Waals surface area contributed by atoms with Gasteiger partial charge in [-0.25, -0.2) is 0 Å². The molecular formula is C15H26N2OS. The number of nitrogens with zero attached hydrogens (tertiary/aromatic N) is 1. The first-order chi connectivity index (χ1) is 8.51. The van der Waals surface area contributed by atoms with E-state index >= 15 is 0 Å². The molecule has 0 saturated carbocycles. The Balaban J connectivity index is 2.76. The van der Waals surface area contributed by atoms with Gasteiger partial charge in [0.05, 0.1) is 6.04 Å². The molecule has 0 radical (unpaired) electrons. The van der Waals surface area contributed by atoms with Crippen LogP contribution in [-0.4, -0.2) is 14.3 Å². The van der Waals surface area contributed by atoms with Crippen LogP contribution in [0.15, 0.2) is 18.3 Å². The van der Waals surface area contributed by atoms with E-state index in [1.807, 2.05) is 40.0 Å². The molecular weight excluding hydrogens is 256 g/mol. The van der Waals surface area contributed by atoms with E-state index in [-0.39, 0.29) is 16.2 Å². The molecule has 108 valence electrons. The van der Waals surface area contributed by atoms with Crippen LogP contribution in [0.3, 0.4) is 0 Å². The highest BCUT2D eigenvalue weighted by molar-refractivity contribution is 7.90. The third kappa shape index (κ3) is 4.79. The predicted molar refractivity (Wildman–Crippen MR) is 82.4 cm³/mol. The molecule has 2 atom stereocenters. The summed E-state index contributed by atoms with van der Waals surface area (Å²) in [7, 11) is 0. The van der Waals surface area contributed by atoms with Gasteiger partial charge in [0.1, 0.15) is 4.75 Å². The quantitative estimate of drug-likeness (QED) is 0.863. The molecule has 0 aliphatic carbocycles. The van der Waals surface area contributed by atoms with E-state index in [2.05, 4.69) is 36.5 Å². The Morgan fingerprint density at radius 1 is 1.16 bits per heavy atom. The van der Waals surface area contributed by atoms with Crippen LogP contribution in [0.2, 0.25) is 0 Å². The normalized spacial score (nSPS) is 16.2. The third-order valence-corrected chi connectivity index (χ3v) is 4.57. The fraction of sp³-hybridized carbons (Fsp3) is 0.667. The van der Waals surface area contributed by atoms with Gasteiger partial charge in [0.15, 0.2) is 0 Å². The van der Waals surface area contributed by atoms with Crippen molar-refractivity contribution in [3.63, 3.8) is 0 Å². The van der Waals surface area contributed by atoms with Gasteiger partial charge in [-0.05, 0) is 39.3 Å². The summed E-state index contributed by atoms with van der Waals surface area (Å²) in [5.41, 5.74) is 2.19. The summed E-state index contributed by atoms with van der Waals surface area (Å²) in [6.07, 6.45) is 1.87. The number of hydrogen-bond acceptors (Lipinski definition) is 3. The monoisotopic (exact) mass is 282 g/mol. The highest BCUT2D eigenvalue weighted by Gasteiger charge is 2.28. The van der Waals surface area contributed by atoms with Crippen molar-refractivity contribution in [1.29, 1.82) is 0 Å². The molecule has 0 amide bonds. The minimum atomic E-state index is -1.07. The van der Waals surface area contributed by atoms with Crippen molar-refractivity contribution >= 4 is 11.4 Å². The van der Waals surface area contributed by atoms with Crippen LogP contribution in [0.5, 0.6) is 0 Å². The zero-order valence-corrected chi connectivity index (χ0v) is 13.9. The lowest BCUT2D eigenvalue weighted by Gasteiger charge is -2.26. The van der Waals surface area contributed by atoms with Crippen LogP contribution >= 0.6 is 0 Å². The second-order valence-corrected chi connectivity index (χ2v) is 8.95. The standard InChI is InChI=1S/C15H26N2OS/c1-11(17-19(18)15(5,6)7)12-8-9-13(16-10-12)14(2,3)4/h8-11,17H,1-7H3/t11?,19-/m1/s1. The van der Waals surface area contributed by atoms with Crippen LogP contribution in [0.1, 0.15) is 65.8 Å². The van der Waals surface area contributed by atoms with Gasteiger partial charge in [-0.15, -0.1) is 4.72 Å². The van der Waals surface area contributed by atoms with Crippen LogP contribution < -0.4 is 4.72 Å². The Morgan fingerprint density at radius 3 is 2.11 bits per heavy atom. The fourth-order valence-electron chi connectivity index (χ4n) is 1.51. The number of hydrogen-bond donors (Lipinski definition) is 1. The molecule has 0 saturated heterocycles. The van der Waals surface area contributed by atoms with Crippen LogP contribution in [-0.2, 0) is 16.8 Å². The van der Waals surface area contributed by atoms with Crippen molar-refractivity contribution in [2.24, 2.45) is 0 Å². The summed E-state index contributed by atoms with van der Waals surface area (Å²) in [5.74, 6) is 0. The summed E-state index contributed by atoms with van der Waals surface area (Å²) in [4.78, 5) is 4.50. The number of pyridine rings is 1. The molecule has 1 heterocycles. The zero-order valence-electron chi connectivity index (χ0n) is 13.1. The smallest absolute Gasteiger partial charge is 0.136 e. The van der Waals surface area contributed by atoms with Crippen LogP contribution in [0, 0.1) is 0 Å². The van der Waals surface area contributed by atoms with Crippen LogP contribution in [0.4, 0.5) is 0 Å². The van der Waals surface area contributed by atoms with E-state index in [9.17, 15) is 4.55 Å². The molecule has 0 aliphatic rings. The highest BCUT2D eigenvalue weighted by atomic mass is 32.2. The summed E-state index contributed by atoms with van der Waals surface area (Å²) >= 11 is -1.07. The molecule has 0 bridgehead atoms. The van der Waals surface area contributed by atoms with Gasteiger partial charge >= 0.3 is 0 Å². The maximum atomic E-state index is 12.1. The second kappa shape index (κ2) is 5.81. The maximum Gasteiger partial charge on any atom is 0.136 e. The van der Waals surface area contributed by atoms with Crippen molar-refractivity contribution in [1.82, 2.24) is 9.71 Å². The third-order valence-electron chi connectivity index (χ3n) is 2.89. The first kappa shape index (κ1) is 16.5. The Hall–Kier alpha value is -0.580. The minimum Gasteiger partial charge on any atom is -0.598 e. The average Bonchev–Trinajstić information content (AvgIpc) is 2.26. The lowest BCUT2D eigenvalue weighted by Crippen LogP contribution is -2.40. The van der Waals surface area contributed by atoms with Gasteiger partial charge < -0.3 is 4.55 Å². The molecule has 19 heavy (non-hydrogen) atoms. The van der Waals surface area contributed by atoms with Gasteiger partial charge in [0.2, 0.25) is 0 Å². The average molecular weight is 282 g/mol. The topological polar surface area (TPSA) is 48.0 Å². The van der Waals surface area contributed by atoms with Crippen molar-refractivity contribution in [2.45, 2.75) is 64.7 Å². The van der Waals surface area contributed by atoms with E-state index in [0.717, 1.165) is 11.3 Å². The van der Waals surface area contributed by atoms with E-state index in [0.29, 0.717) is 0 Å². The molecule has 0 aromatic carbocycles. The molecule has 0 spiro atoms. The zero-order chi connectivity index (χ0) is 14.8. The summed E-state index contributed by atoms with van der Waals surface area (Å²) in [6.45, 7) is 14.3. The molecule has 1 aromatic rings. The molecule has 1 rings (SSSR count). The van der Waals surface area contributed by atoms with Gasteiger partial charge in [-0.3, -0.25) is 4.98 Å². The molecule has 0 aliphatic heterocycles. The SMILES string of the molecule is CC(N[S@+]([O-])C(C)(C)C)c1ccc(C(C)(C)C)nc1. The highest BCUT2D eigenvalue weighted by Crippen LogP contribution is 2.23. The Kier molecular flexibility index (Phi) is 5.04. The van der Waals surface area contributed by atoms with E-state index in [4.69, 9.17) is 0 Å². The lowest BCUT2D eigenvalue weighted by atomic mass is 9.91. The summed E-state index contributed by atoms with van der Waals surface area (Å²) in [6, 6.07) is 4.14. The molecule has 3 nitrogen and oxygen atoms in total. The van der Waals surface area contributed by atoms with E-state index in [1.165, 1.54) is 0 Å². The summed E-state index contributed by atoms with van der Waals surface area (Å²) < 4.78 is 14.9. The Bertz CT molecular complexity index is 404. The Morgan fingerprint density at radius 2 is 1.74 bits per heavy atom. The van der Waals surface area contributed by atoms with Gasteiger partial charge in [0.25, 0.3) is 0 Å². The minimum absolute atomic E-state index is 0.0292. The molecule has 4 heteroatoms. The molecule has 0 fully saturated rings. The Labute approximate surface area is 120 Å². The maximum absolute atomic E-state index is 12.1. The van der Waals surface area contributed by atoms with Gasteiger partial charge in [-0.2, -0.15) is 0 Å². The molecule has 1 unspecified atom stereocenters.